The van der Waals surface area contributed by atoms with E-state index in [1.807, 2.05) is 0 Å². The monoisotopic (exact) mass is 537 g/mol. The zero-order valence-corrected chi connectivity index (χ0v) is 21.5. The number of rotatable bonds is 7. The maximum Gasteiger partial charge on any atom is 0.338 e. The molecular weight excluding hydrogens is 514 g/mol. The molecule has 1 saturated heterocycles. The van der Waals surface area contributed by atoms with Gasteiger partial charge in [0.05, 0.1) is 48.6 Å². The average Bonchev–Trinajstić information content (AvgIpc) is 3.18. The number of benzene rings is 3. The number of esters is 1. The molecule has 9 nitrogen and oxygen atoms in total. The molecular formula is C28H24ClNO8. The lowest BCUT2D eigenvalue weighted by Gasteiger charge is -2.26. The minimum Gasteiger partial charge on any atom is -0.508 e. The number of carbonyl (C=O) groups excluding carboxylic acids is 3. The predicted molar refractivity (Wildman–Crippen MR) is 140 cm³/mol. The number of Topliss-reactive ketones (excluding diaryl/α,β-unsaturated/α-hetero) is 1. The van der Waals surface area contributed by atoms with E-state index >= 15 is 0 Å². The molecule has 38 heavy (non-hydrogen) atoms. The van der Waals surface area contributed by atoms with Gasteiger partial charge in [0, 0.05) is 11.8 Å². The molecule has 196 valence electrons. The minimum atomic E-state index is -1.07. The summed E-state index contributed by atoms with van der Waals surface area (Å²) in [5.41, 5.74) is 0.897. The smallest absolute Gasteiger partial charge is 0.338 e. The number of aliphatic hydroxyl groups excluding tert-OH is 1. The molecule has 0 spiro atoms. The van der Waals surface area contributed by atoms with Crippen LogP contribution in [0.5, 0.6) is 17.2 Å². The number of carbonyl (C=O) groups is 3. The summed E-state index contributed by atoms with van der Waals surface area (Å²) in [7, 11) is 2.77. The van der Waals surface area contributed by atoms with Crippen LogP contribution in [0.4, 0.5) is 5.69 Å². The van der Waals surface area contributed by atoms with Crippen molar-refractivity contribution in [2.24, 2.45) is 0 Å². The lowest BCUT2D eigenvalue weighted by Crippen LogP contribution is -2.29. The third kappa shape index (κ3) is 4.76. The normalized spacial score (nSPS) is 16.4. The SMILES string of the molecule is CCOC(=O)c1ccc(N2C(=O)C(=O)/C(=C(/O)c3cc(OC)c(Cl)cc3OC)C2c2ccc(O)cc2)cc1. The average molecular weight is 538 g/mol. The summed E-state index contributed by atoms with van der Waals surface area (Å²) < 4.78 is 15.6. The molecule has 1 unspecified atom stereocenters. The summed E-state index contributed by atoms with van der Waals surface area (Å²) in [6.45, 7) is 1.89. The van der Waals surface area contributed by atoms with Crippen molar-refractivity contribution < 1.29 is 38.8 Å². The zero-order chi connectivity index (χ0) is 27.6. The van der Waals surface area contributed by atoms with Crippen LogP contribution in [0, 0.1) is 0 Å². The van der Waals surface area contributed by atoms with Crippen molar-refractivity contribution >= 4 is 40.7 Å². The van der Waals surface area contributed by atoms with E-state index in [4.69, 9.17) is 25.8 Å². The largest absolute Gasteiger partial charge is 0.508 e. The second-order valence-corrected chi connectivity index (χ2v) is 8.62. The molecule has 4 rings (SSSR count). The maximum atomic E-state index is 13.4. The molecule has 1 aliphatic heterocycles. The number of halogens is 1. The molecule has 0 radical (unpaired) electrons. The van der Waals surface area contributed by atoms with Gasteiger partial charge in [-0.2, -0.15) is 0 Å². The number of ketones is 1. The van der Waals surface area contributed by atoms with Gasteiger partial charge >= 0.3 is 5.97 Å². The molecule has 3 aromatic rings. The van der Waals surface area contributed by atoms with E-state index in [0.29, 0.717) is 11.3 Å². The third-order valence-corrected chi connectivity index (χ3v) is 6.33. The number of anilines is 1. The number of aliphatic hydroxyl groups is 1. The molecule has 10 heteroatoms. The van der Waals surface area contributed by atoms with E-state index < -0.39 is 29.5 Å². The first-order valence-electron chi connectivity index (χ1n) is 11.5. The standard InChI is InChI=1S/C28H24ClNO8/c1-4-38-28(35)16-5-9-17(10-6-16)30-24(15-7-11-18(31)12-8-15)23(26(33)27(30)34)25(32)19-13-22(37-3)20(29)14-21(19)36-2/h5-14,24,31-32H,4H2,1-3H3/b25-23+. The van der Waals surface area contributed by atoms with E-state index in [0.717, 1.165) is 0 Å². The highest BCUT2D eigenvalue weighted by atomic mass is 35.5. The van der Waals surface area contributed by atoms with Crippen molar-refractivity contribution in [3.63, 3.8) is 0 Å². The summed E-state index contributed by atoms with van der Waals surface area (Å²) in [6.07, 6.45) is 0. The van der Waals surface area contributed by atoms with Crippen LogP contribution >= 0.6 is 11.6 Å². The van der Waals surface area contributed by atoms with Crippen LogP contribution in [-0.4, -0.2) is 48.7 Å². The number of hydrogen-bond donors (Lipinski definition) is 2. The fourth-order valence-corrected chi connectivity index (χ4v) is 4.46. The molecule has 0 aromatic heterocycles. The summed E-state index contributed by atoms with van der Waals surface area (Å²) >= 11 is 6.21. The van der Waals surface area contributed by atoms with Gasteiger partial charge in [-0.25, -0.2) is 4.79 Å². The van der Waals surface area contributed by atoms with Crippen LogP contribution in [0.15, 0.2) is 66.2 Å². The summed E-state index contributed by atoms with van der Waals surface area (Å²) in [5, 5.41) is 21.5. The second-order valence-electron chi connectivity index (χ2n) is 8.22. The number of phenolic OH excluding ortho intramolecular Hbond substituents is 1. The first-order valence-corrected chi connectivity index (χ1v) is 11.9. The molecule has 1 aliphatic rings. The highest BCUT2D eigenvalue weighted by Gasteiger charge is 2.47. The molecule has 1 heterocycles. The summed E-state index contributed by atoms with van der Waals surface area (Å²) in [6, 6.07) is 13.6. The van der Waals surface area contributed by atoms with Gasteiger partial charge < -0.3 is 24.4 Å². The van der Waals surface area contributed by atoms with Crippen LogP contribution in [0.3, 0.4) is 0 Å². The first kappa shape index (κ1) is 26.6. The van der Waals surface area contributed by atoms with E-state index in [1.54, 1.807) is 19.1 Å². The van der Waals surface area contributed by atoms with Gasteiger partial charge in [-0.3, -0.25) is 14.5 Å². The Labute approximate surface area is 223 Å². The van der Waals surface area contributed by atoms with Gasteiger partial charge in [0.2, 0.25) is 0 Å². The Hall–Kier alpha value is -4.50. The quantitative estimate of drug-likeness (QED) is 0.189. The van der Waals surface area contributed by atoms with E-state index in [2.05, 4.69) is 0 Å². The highest BCUT2D eigenvalue weighted by molar-refractivity contribution is 6.51. The summed E-state index contributed by atoms with van der Waals surface area (Å²) in [5.74, 6) is -2.51. The fourth-order valence-electron chi connectivity index (χ4n) is 4.23. The Balaban J connectivity index is 1.92. The third-order valence-electron chi connectivity index (χ3n) is 6.04. The number of phenols is 1. The van der Waals surface area contributed by atoms with Gasteiger partial charge in [0.25, 0.3) is 11.7 Å². The molecule has 1 amide bonds. The Morgan fingerprint density at radius 3 is 2.18 bits per heavy atom. The lowest BCUT2D eigenvalue weighted by molar-refractivity contribution is -0.132. The van der Waals surface area contributed by atoms with Gasteiger partial charge in [-0.1, -0.05) is 23.7 Å². The Morgan fingerprint density at radius 1 is 0.974 bits per heavy atom. The van der Waals surface area contributed by atoms with Gasteiger partial charge in [0.15, 0.2) is 0 Å². The Kier molecular flexibility index (Phi) is 7.59. The van der Waals surface area contributed by atoms with Crippen molar-refractivity contribution in [1.82, 2.24) is 0 Å². The van der Waals surface area contributed by atoms with Crippen molar-refractivity contribution in [3.8, 4) is 17.2 Å². The molecule has 3 aromatic carbocycles. The van der Waals surface area contributed by atoms with E-state index in [9.17, 15) is 24.6 Å². The molecule has 0 aliphatic carbocycles. The van der Waals surface area contributed by atoms with Gasteiger partial charge in [-0.15, -0.1) is 0 Å². The second kappa shape index (κ2) is 10.9. The number of methoxy groups -OCH3 is 2. The number of amides is 1. The van der Waals surface area contributed by atoms with Crippen molar-refractivity contribution in [2.45, 2.75) is 13.0 Å². The van der Waals surface area contributed by atoms with Crippen LogP contribution in [0.25, 0.3) is 5.76 Å². The maximum absolute atomic E-state index is 13.4. The van der Waals surface area contributed by atoms with Gasteiger partial charge in [-0.05, 0) is 55.0 Å². The van der Waals surface area contributed by atoms with Crippen LogP contribution in [0.1, 0.15) is 34.5 Å². The Bertz CT molecular complexity index is 1430. The highest BCUT2D eigenvalue weighted by Crippen LogP contribution is 2.45. The fraction of sp³-hybridized carbons (Fsp3) is 0.179. The van der Waals surface area contributed by atoms with Crippen LogP contribution in [0.2, 0.25) is 5.02 Å². The van der Waals surface area contributed by atoms with Crippen LogP contribution < -0.4 is 14.4 Å². The molecule has 0 saturated carbocycles. The van der Waals surface area contributed by atoms with E-state index in [-0.39, 0.29) is 45.6 Å². The van der Waals surface area contributed by atoms with E-state index in [1.165, 1.54) is 67.7 Å². The molecule has 1 atom stereocenters. The van der Waals surface area contributed by atoms with Crippen molar-refractivity contribution in [2.75, 3.05) is 25.7 Å². The van der Waals surface area contributed by atoms with Crippen molar-refractivity contribution in [3.05, 3.63) is 87.9 Å². The number of aromatic hydroxyl groups is 1. The van der Waals surface area contributed by atoms with Crippen molar-refractivity contribution in [1.29, 1.82) is 0 Å². The number of nitrogens with zero attached hydrogens (tertiary/aromatic N) is 1. The topological polar surface area (TPSA) is 123 Å². The van der Waals surface area contributed by atoms with Crippen LogP contribution in [-0.2, 0) is 14.3 Å². The molecule has 0 bridgehead atoms. The number of hydrogen-bond acceptors (Lipinski definition) is 8. The van der Waals surface area contributed by atoms with Gasteiger partial charge in [0.1, 0.15) is 23.0 Å². The summed E-state index contributed by atoms with van der Waals surface area (Å²) in [4.78, 5) is 40.1. The zero-order valence-electron chi connectivity index (χ0n) is 20.7. The predicted octanol–water partition coefficient (Wildman–Crippen LogP) is 4.87. The Morgan fingerprint density at radius 2 is 1.61 bits per heavy atom. The molecule has 2 N–H and O–H groups in total. The number of ether oxygens (including phenoxy) is 3. The molecule has 1 fully saturated rings. The minimum absolute atomic E-state index is 0.0198. The lowest BCUT2D eigenvalue weighted by atomic mass is 9.94. The first-order chi connectivity index (χ1) is 18.2.